The molecule has 0 saturated carbocycles. The third kappa shape index (κ3) is 1.29. The number of aliphatic hydroxyl groups excluding tert-OH is 1. The second kappa shape index (κ2) is 3.61. The summed E-state index contributed by atoms with van der Waals surface area (Å²) in [6.07, 6.45) is 3.64. The van der Waals surface area contributed by atoms with E-state index in [4.69, 9.17) is 0 Å². The van der Waals surface area contributed by atoms with Crippen LogP contribution < -0.4 is 5.32 Å². The third-order valence-corrected chi connectivity index (χ3v) is 3.61. The number of aromatic amines is 1. The van der Waals surface area contributed by atoms with E-state index in [2.05, 4.69) is 22.6 Å². The molecule has 1 aliphatic rings. The highest BCUT2D eigenvalue weighted by Crippen LogP contribution is 2.33. The lowest BCUT2D eigenvalue weighted by molar-refractivity contribution is 0.131. The number of H-pyrrole nitrogens is 1. The van der Waals surface area contributed by atoms with Crippen molar-refractivity contribution in [3.05, 3.63) is 35.5 Å². The summed E-state index contributed by atoms with van der Waals surface area (Å²) in [5.41, 5.74) is 3.50. The number of aliphatic hydroxyl groups is 1. The molecule has 0 bridgehead atoms. The molecule has 1 heterocycles. The first-order valence-electron chi connectivity index (χ1n) is 5.75. The van der Waals surface area contributed by atoms with E-state index in [1.165, 1.54) is 10.9 Å². The van der Waals surface area contributed by atoms with Gasteiger partial charge in [0.05, 0.1) is 6.10 Å². The van der Waals surface area contributed by atoms with E-state index >= 15 is 0 Å². The Morgan fingerprint density at radius 3 is 3.12 bits per heavy atom. The smallest absolute Gasteiger partial charge is 0.0949 e. The molecule has 3 rings (SSSR count). The third-order valence-electron chi connectivity index (χ3n) is 3.61. The quantitative estimate of drug-likeness (QED) is 0.680. The Morgan fingerprint density at radius 2 is 2.31 bits per heavy atom. The molecule has 0 radical (unpaired) electrons. The number of likely N-dealkylation sites (N-methyl/N-ethyl adjacent to an activating group) is 1. The van der Waals surface area contributed by atoms with Gasteiger partial charge in [-0.15, -0.1) is 0 Å². The molecule has 2 aromatic rings. The largest absolute Gasteiger partial charge is 0.387 e. The molecule has 3 N–H and O–H groups in total. The highest BCUT2D eigenvalue weighted by molar-refractivity contribution is 5.87. The Hall–Kier alpha value is -1.32. The summed E-state index contributed by atoms with van der Waals surface area (Å²) < 4.78 is 0. The summed E-state index contributed by atoms with van der Waals surface area (Å²) in [6, 6.07) is 6.24. The van der Waals surface area contributed by atoms with Crippen LogP contribution in [0.25, 0.3) is 10.9 Å². The predicted molar refractivity (Wildman–Crippen MR) is 64.4 cm³/mol. The Bertz CT molecular complexity index is 518. The zero-order valence-electron chi connectivity index (χ0n) is 9.33. The van der Waals surface area contributed by atoms with Crippen LogP contribution in [0, 0.1) is 0 Å². The van der Waals surface area contributed by atoms with Crippen molar-refractivity contribution in [3.8, 4) is 0 Å². The number of benzene rings is 1. The van der Waals surface area contributed by atoms with Gasteiger partial charge >= 0.3 is 0 Å². The molecule has 3 nitrogen and oxygen atoms in total. The molecule has 1 aliphatic carbocycles. The van der Waals surface area contributed by atoms with Crippen molar-refractivity contribution in [3.63, 3.8) is 0 Å². The molecule has 2 atom stereocenters. The molecule has 1 aromatic heterocycles. The van der Waals surface area contributed by atoms with Crippen LogP contribution in [-0.2, 0) is 6.42 Å². The summed E-state index contributed by atoms with van der Waals surface area (Å²) in [6.45, 7) is 0. The number of rotatable bonds is 1. The molecule has 0 spiro atoms. The van der Waals surface area contributed by atoms with Crippen LogP contribution in [0.4, 0.5) is 0 Å². The summed E-state index contributed by atoms with van der Waals surface area (Å²) >= 11 is 0. The van der Waals surface area contributed by atoms with Crippen molar-refractivity contribution >= 4 is 10.9 Å². The standard InChI is InChI=1S/C13H16N2O/c1-14-11-6-5-8-7-15-10-4-2-3-9(12(8)10)13(11)16/h2-4,7,11,13-16H,5-6H2,1H3. The van der Waals surface area contributed by atoms with Crippen molar-refractivity contribution in [2.45, 2.75) is 25.0 Å². The number of aryl methyl sites for hydroxylation is 1. The average molecular weight is 216 g/mol. The lowest BCUT2D eigenvalue weighted by Gasteiger charge is -2.20. The van der Waals surface area contributed by atoms with Gasteiger partial charge in [-0.05, 0) is 37.1 Å². The summed E-state index contributed by atoms with van der Waals surface area (Å²) in [5, 5.41) is 14.8. The van der Waals surface area contributed by atoms with Gasteiger partial charge in [-0.25, -0.2) is 0 Å². The van der Waals surface area contributed by atoms with Gasteiger partial charge in [0.2, 0.25) is 0 Å². The van der Waals surface area contributed by atoms with Gasteiger partial charge in [-0.2, -0.15) is 0 Å². The zero-order valence-corrected chi connectivity index (χ0v) is 9.33. The molecular formula is C13H16N2O. The van der Waals surface area contributed by atoms with E-state index in [1.54, 1.807) is 0 Å². The van der Waals surface area contributed by atoms with Gasteiger partial charge in [0, 0.05) is 23.1 Å². The van der Waals surface area contributed by atoms with Crippen molar-refractivity contribution in [2.24, 2.45) is 0 Å². The van der Waals surface area contributed by atoms with Gasteiger partial charge in [0.25, 0.3) is 0 Å². The number of hydrogen-bond donors (Lipinski definition) is 3. The second-order valence-electron chi connectivity index (χ2n) is 4.46. The van der Waals surface area contributed by atoms with Crippen molar-refractivity contribution in [2.75, 3.05) is 7.05 Å². The molecule has 0 amide bonds. The molecule has 3 heteroatoms. The molecule has 1 aromatic carbocycles. The minimum absolute atomic E-state index is 0.151. The van der Waals surface area contributed by atoms with Crippen LogP contribution in [0.5, 0.6) is 0 Å². The van der Waals surface area contributed by atoms with Crippen LogP contribution in [0.15, 0.2) is 24.4 Å². The fourth-order valence-electron chi connectivity index (χ4n) is 2.72. The minimum Gasteiger partial charge on any atom is -0.387 e. The first-order valence-corrected chi connectivity index (χ1v) is 5.75. The highest BCUT2D eigenvalue weighted by atomic mass is 16.3. The van der Waals surface area contributed by atoms with Crippen LogP contribution >= 0.6 is 0 Å². The monoisotopic (exact) mass is 216 g/mol. The Kier molecular flexibility index (Phi) is 2.23. The topological polar surface area (TPSA) is 48.0 Å². The van der Waals surface area contributed by atoms with Crippen molar-refractivity contribution in [1.29, 1.82) is 0 Å². The Labute approximate surface area is 94.5 Å². The Morgan fingerprint density at radius 1 is 1.44 bits per heavy atom. The van der Waals surface area contributed by atoms with E-state index in [9.17, 15) is 5.11 Å². The molecule has 84 valence electrons. The fourth-order valence-corrected chi connectivity index (χ4v) is 2.72. The van der Waals surface area contributed by atoms with Gasteiger partial charge < -0.3 is 15.4 Å². The summed E-state index contributed by atoms with van der Waals surface area (Å²) in [4.78, 5) is 3.27. The number of aromatic nitrogens is 1. The van der Waals surface area contributed by atoms with E-state index in [-0.39, 0.29) is 6.04 Å². The summed E-state index contributed by atoms with van der Waals surface area (Å²) in [5.74, 6) is 0. The zero-order chi connectivity index (χ0) is 11.1. The van der Waals surface area contributed by atoms with Gasteiger partial charge in [-0.1, -0.05) is 12.1 Å². The molecule has 0 aliphatic heterocycles. The lowest BCUT2D eigenvalue weighted by atomic mass is 10.00. The maximum atomic E-state index is 10.4. The first kappa shape index (κ1) is 9.87. The van der Waals surface area contributed by atoms with Gasteiger partial charge in [0.15, 0.2) is 0 Å². The predicted octanol–water partition coefficient (Wildman–Crippen LogP) is 1.74. The second-order valence-corrected chi connectivity index (χ2v) is 4.46. The van der Waals surface area contributed by atoms with Crippen molar-refractivity contribution < 1.29 is 5.11 Å². The molecule has 0 fully saturated rings. The lowest BCUT2D eigenvalue weighted by Crippen LogP contribution is -2.31. The highest BCUT2D eigenvalue weighted by Gasteiger charge is 2.25. The fraction of sp³-hybridized carbons (Fsp3) is 0.385. The van der Waals surface area contributed by atoms with E-state index in [1.807, 2.05) is 19.2 Å². The van der Waals surface area contributed by atoms with E-state index in [0.29, 0.717) is 0 Å². The first-order chi connectivity index (χ1) is 7.81. The van der Waals surface area contributed by atoms with Crippen LogP contribution in [0.3, 0.4) is 0 Å². The SMILES string of the molecule is CNC1CCc2c[nH]c3cccc(c23)C1O. The maximum absolute atomic E-state index is 10.4. The molecule has 0 saturated heterocycles. The molecular weight excluding hydrogens is 200 g/mol. The average Bonchev–Trinajstić information content (AvgIpc) is 2.66. The van der Waals surface area contributed by atoms with E-state index in [0.717, 1.165) is 23.9 Å². The molecule has 2 unspecified atom stereocenters. The normalized spacial score (nSPS) is 24.6. The minimum atomic E-state index is -0.411. The van der Waals surface area contributed by atoms with Crippen LogP contribution in [0.2, 0.25) is 0 Å². The Balaban J connectivity index is 2.24. The molecule has 16 heavy (non-hydrogen) atoms. The number of hydrogen-bond acceptors (Lipinski definition) is 2. The van der Waals surface area contributed by atoms with Crippen LogP contribution in [0.1, 0.15) is 23.7 Å². The van der Waals surface area contributed by atoms with Gasteiger partial charge in [-0.3, -0.25) is 0 Å². The van der Waals surface area contributed by atoms with E-state index < -0.39 is 6.10 Å². The van der Waals surface area contributed by atoms with Crippen molar-refractivity contribution in [1.82, 2.24) is 10.3 Å². The van der Waals surface area contributed by atoms with Crippen LogP contribution in [-0.4, -0.2) is 23.2 Å². The number of nitrogens with one attached hydrogen (secondary N) is 2. The van der Waals surface area contributed by atoms with Gasteiger partial charge in [0.1, 0.15) is 0 Å². The summed E-state index contributed by atoms with van der Waals surface area (Å²) in [7, 11) is 1.91. The maximum Gasteiger partial charge on any atom is 0.0949 e.